The van der Waals surface area contributed by atoms with Crippen molar-refractivity contribution in [3.05, 3.63) is 66.0 Å². The van der Waals surface area contributed by atoms with Crippen molar-refractivity contribution >= 4 is 5.91 Å². The summed E-state index contributed by atoms with van der Waals surface area (Å²) in [5.41, 5.74) is 2.55. The van der Waals surface area contributed by atoms with E-state index in [-0.39, 0.29) is 5.91 Å². The molecular formula is C19H25N2O+. The normalized spacial score (nSPS) is 10.7. The van der Waals surface area contributed by atoms with Crippen LogP contribution in [0.2, 0.25) is 0 Å². The van der Waals surface area contributed by atoms with Gasteiger partial charge in [0.2, 0.25) is 6.54 Å². The molecule has 1 aromatic heterocycles. The summed E-state index contributed by atoms with van der Waals surface area (Å²) in [6.45, 7) is 5.45. The second kappa shape index (κ2) is 8.32. The average Bonchev–Trinajstić information content (AvgIpc) is 2.50. The van der Waals surface area contributed by atoms with Gasteiger partial charge in [0.1, 0.15) is 0 Å². The fraction of sp³-hybridized carbons (Fsp3) is 0.368. The molecule has 0 saturated carbocycles. The molecule has 0 atom stereocenters. The second-order valence-corrected chi connectivity index (χ2v) is 6.07. The maximum absolute atomic E-state index is 11.8. The van der Waals surface area contributed by atoms with Crippen molar-refractivity contribution in [2.24, 2.45) is 5.92 Å². The lowest BCUT2D eigenvalue weighted by Gasteiger charge is -2.05. The van der Waals surface area contributed by atoms with E-state index in [9.17, 15) is 4.79 Å². The lowest BCUT2D eigenvalue weighted by atomic mass is 10.1. The number of benzene rings is 1. The van der Waals surface area contributed by atoms with Gasteiger partial charge in [0.15, 0.2) is 12.4 Å². The van der Waals surface area contributed by atoms with Gasteiger partial charge in [0.05, 0.1) is 0 Å². The van der Waals surface area contributed by atoms with Crippen molar-refractivity contribution in [3.63, 3.8) is 0 Å². The van der Waals surface area contributed by atoms with Crippen LogP contribution in [0, 0.1) is 5.92 Å². The van der Waals surface area contributed by atoms with Crippen molar-refractivity contribution in [1.29, 1.82) is 0 Å². The van der Waals surface area contributed by atoms with Crippen LogP contribution in [0.4, 0.5) is 0 Å². The summed E-state index contributed by atoms with van der Waals surface area (Å²) >= 11 is 0. The van der Waals surface area contributed by atoms with E-state index >= 15 is 0 Å². The van der Waals surface area contributed by atoms with Gasteiger partial charge in [-0.15, -0.1) is 0 Å². The molecule has 2 rings (SSSR count). The summed E-state index contributed by atoms with van der Waals surface area (Å²) in [5.74, 6) is 0.687. The first kappa shape index (κ1) is 16.2. The van der Waals surface area contributed by atoms with E-state index in [4.69, 9.17) is 0 Å². The quantitative estimate of drug-likeness (QED) is 0.783. The number of hydrogen-bond acceptors (Lipinski definition) is 1. The van der Waals surface area contributed by atoms with Crippen LogP contribution in [-0.4, -0.2) is 12.5 Å². The van der Waals surface area contributed by atoms with E-state index < -0.39 is 0 Å². The standard InChI is InChI=1S/C19H24N2O/c1-16(2)8-11-20-19(22)15-21-12-9-18(10-13-21)14-17-6-4-3-5-7-17/h3-7,9-10,12-13,16H,8,11,14-15H2,1-2H3/p+1. The number of hydrogen-bond donors (Lipinski definition) is 1. The SMILES string of the molecule is CC(C)CCNC(=O)C[n+]1ccc(Cc2ccccc2)cc1. The molecule has 0 fully saturated rings. The topological polar surface area (TPSA) is 33.0 Å². The number of amides is 1. The van der Waals surface area contributed by atoms with Gasteiger partial charge in [0, 0.05) is 18.7 Å². The number of pyridine rings is 1. The van der Waals surface area contributed by atoms with Crippen molar-refractivity contribution in [2.45, 2.75) is 33.2 Å². The van der Waals surface area contributed by atoms with Gasteiger partial charge in [-0.25, -0.2) is 0 Å². The highest BCUT2D eigenvalue weighted by molar-refractivity contribution is 5.74. The monoisotopic (exact) mass is 297 g/mol. The van der Waals surface area contributed by atoms with Crippen LogP contribution in [0.5, 0.6) is 0 Å². The molecule has 1 N–H and O–H groups in total. The predicted octanol–water partition coefficient (Wildman–Crippen LogP) is 2.73. The van der Waals surface area contributed by atoms with E-state index in [1.165, 1.54) is 11.1 Å². The van der Waals surface area contributed by atoms with Gasteiger partial charge in [0.25, 0.3) is 5.91 Å². The zero-order valence-electron chi connectivity index (χ0n) is 13.5. The number of carbonyl (C=O) groups is 1. The molecule has 1 aromatic carbocycles. The molecule has 3 nitrogen and oxygen atoms in total. The fourth-order valence-corrected chi connectivity index (χ4v) is 2.27. The van der Waals surface area contributed by atoms with Crippen LogP contribution < -0.4 is 9.88 Å². The number of nitrogens with zero attached hydrogens (tertiary/aromatic N) is 1. The summed E-state index contributed by atoms with van der Waals surface area (Å²) in [6.07, 6.45) is 5.88. The molecule has 0 bridgehead atoms. The van der Waals surface area contributed by atoms with Crippen LogP contribution in [0.3, 0.4) is 0 Å². The number of rotatable bonds is 7. The molecule has 3 heteroatoms. The summed E-state index contributed by atoms with van der Waals surface area (Å²) < 4.78 is 1.92. The second-order valence-electron chi connectivity index (χ2n) is 6.07. The molecule has 0 unspecified atom stereocenters. The van der Waals surface area contributed by atoms with Gasteiger partial charge in [-0.3, -0.25) is 4.79 Å². The molecule has 2 aromatic rings. The molecule has 0 radical (unpaired) electrons. The first-order chi connectivity index (χ1) is 10.6. The predicted molar refractivity (Wildman–Crippen MR) is 88.3 cm³/mol. The molecular weight excluding hydrogens is 272 g/mol. The zero-order chi connectivity index (χ0) is 15.8. The minimum Gasteiger partial charge on any atom is -0.351 e. The summed E-state index contributed by atoms with van der Waals surface area (Å²) in [5, 5.41) is 2.96. The molecule has 0 spiro atoms. The van der Waals surface area contributed by atoms with Crippen LogP contribution in [0.25, 0.3) is 0 Å². The minimum atomic E-state index is 0.0708. The molecule has 0 aliphatic rings. The Labute approximate surface area is 133 Å². The van der Waals surface area contributed by atoms with E-state index in [1.807, 2.05) is 23.0 Å². The van der Waals surface area contributed by atoms with Crippen molar-refractivity contribution in [2.75, 3.05) is 6.54 Å². The van der Waals surface area contributed by atoms with Crippen LogP contribution in [0.1, 0.15) is 31.4 Å². The Morgan fingerprint density at radius 2 is 1.68 bits per heavy atom. The van der Waals surface area contributed by atoms with Gasteiger partial charge in [-0.2, -0.15) is 4.57 Å². The van der Waals surface area contributed by atoms with Crippen molar-refractivity contribution < 1.29 is 9.36 Å². The van der Waals surface area contributed by atoms with Crippen molar-refractivity contribution in [1.82, 2.24) is 5.32 Å². The number of aromatic nitrogens is 1. The minimum absolute atomic E-state index is 0.0708. The zero-order valence-corrected chi connectivity index (χ0v) is 13.5. The maximum Gasteiger partial charge on any atom is 0.285 e. The summed E-state index contributed by atoms with van der Waals surface area (Å²) in [6, 6.07) is 14.6. The fourth-order valence-electron chi connectivity index (χ4n) is 2.27. The molecule has 1 amide bonds. The summed E-state index contributed by atoms with van der Waals surface area (Å²) in [4.78, 5) is 11.8. The Morgan fingerprint density at radius 1 is 1.05 bits per heavy atom. The highest BCUT2D eigenvalue weighted by Crippen LogP contribution is 2.07. The van der Waals surface area contributed by atoms with Crippen molar-refractivity contribution in [3.8, 4) is 0 Å². The Balaban J connectivity index is 1.82. The lowest BCUT2D eigenvalue weighted by Crippen LogP contribution is -2.42. The van der Waals surface area contributed by atoms with E-state index in [0.717, 1.165) is 19.4 Å². The lowest BCUT2D eigenvalue weighted by molar-refractivity contribution is -0.684. The molecule has 0 aliphatic heterocycles. The van der Waals surface area contributed by atoms with Gasteiger partial charge >= 0.3 is 0 Å². The van der Waals surface area contributed by atoms with E-state index in [2.05, 4.69) is 55.6 Å². The Hall–Kier alpha value is -2.16. The third kappa shape index (κ3) is 5.68. The molecule has 116 valence electrons. The van der Waals surface area contributed by atoms with E-state index in [0.29, 0.717) is 12.5 Å². The third-order valence-corrected chi connectivity index (χ3v) is 3.58. The molecule has 1 heterocycles. The maximum atomic E-state index is 11.8. The smallest absolute Gasteiger partial charge is 0.285 e. The molecule has 22 heavy (non-hydrogen) atoms. The highest BCUT2D eigenvalue weighted by atomic mass is 16.1. The van der Waals surface area contributed by atoms with Crippen LogP contribution in [-0.2, 0) is 17.8 Å². The van der Waals surface area contributed by atoms with Crippen LogP contribution >= 0.6 is 0 Å². The Bertz CT molecular complexity index is 576. The van der Waals surface area contributed by atoms with Crippen LogP contribution in [0.15, 0.2) is 54.9 Å². The summed E-state index contributed by atoms with van der Waals surface area (Å²) in [7, 11) is 0. The van der Waals surface area contributed by atoms with Gasteiger partial charge < -0.3 is 5.32 Å². The molecule has 0 saturated heterocycles. The Morgan fingerprint density at radius 3 is 2.32 bits per heavy atom. The highest BCUT2D eigenvalue weighted by Gasteiger charge is 2.09. The number of carbonyl (C=O) groups excluding carboxylic acids is 1. The Kier molecular flexibility index (Phi) is 6.13. The van der Waals surface area contributed by atoms with Gasteiger partial charge in [-0.05, 0) is 29.9 Å². The van der Waals surface area contributed by atoms with Gasteiger partial charge in [-0.1, -0.05) is 44.2 Å². The number of nitrogens with one attached hydrogen (secondary N) is 1. The van der Waals surface area contributed by atoms with E-state index in [1.54, 1.807) is 0 Å². The molecule has 0 aliphatic carbocycles. The first-order valence-electron chi connectivity index (χ1n) is 7.92. The largest absolute Gasteiger partial charge is 0.351 e. The average molecular weight is 297 g/mol. The third-order valence-electron chi connectivity index (χ3n) is 3.58. The first-order valence-corrected chi connectivity index (χ1v) is 7.92.